The first-order chi connectivity index (χ1) is 5.18. The highest BCUT2D eigenvalue weighted by Crippen LogP contribution is 2.49. The molecule has 0 aromatic carbocycles. The molecule has 0 rings (SSSR count). The summed E-state index contributed by atoms with van der Waals surface area (Å²) in [6, 6.07) is 0. The van der Waals surface area contributed by atoms with Crippen molar-refractivity contribution in [3.8, 4) is 0 Å². The molecule has 0 spiro atoms. The quantitative estimate of drug-likeness (QED) is 0.696. The van der Waals surface area contributed by atoms with Gasteiger partial charge in [0.25, 0.3) is 0 Å². The Bertz CT molecular complexity index is 159. The average molecular weight is 243 g/mol. The lowest BCUT2D eigenvalue weighted by atomic mass is 10.9. The molecule has 0 N–H and O–H groups in total. The first-order valence-corrected chi connectivity index (χ1v) is 5.88. The van der Waals surface area contributed by atoms with Crippen molar-refractivity contribution < 1.29 is 13.6 Å². The van der Waals surface area contributed by atoms with Gasteiger partial charge in [0.15, 0.2) is 0 Å². The summed E-state index contributed by atoms with van der Waals surface area (Å²) in [6.45, 7) is 4.31. The topological polar surface area (TPSA) is 35.5 Å². The Morgan fingerprint density at radius 3 is 2.09 bits per heavy atom. The molecular weight excluding hydrogens is 231 g/mol. The predicted molar refractivity (Wildman–Crippen MR) is 48.9 cm³/mol. The molecular formula is C6H12BrO3P. The van der Waals surface area contributed by atoms with Crippen molar-refractivity contribution in [1.29, 1.82) is 0 Å². The summed E-state index contributed by atoms with van der Waals surface area (Å²) in [6.07, 6.45) is 0. The monoisotopic (exact) mass is 242 g/mol. The van der Waals surface area contributed by atoms with E-state index in [1.54, 1.807) is 13.8 Å². The Morgan fingerprint density at radius 1 is 1.36 bits per heavy atom. The lowest BCUT2D eigenvalue weighted by Gasteiger charge is -2.11. The van der Waals surface area contributed by atoms with Crippen LogP contribution in [0.2, 0.25) is 0 Å². The van der Waals surface area contributed by atoms with Crippen LogP contribution in [-0.4, -0.2) is 13.2 Å². The Kier molecular flexibility index (Phi) is 6.15. The summed E-state index contributed by atoms with van der Waals surface area (Å²) in [5.41, 5.74) is 0. The summed E-state index contributed by atoms with van der Waals surface area (Å²) >= 11 is 3.01. The SMILES string of the molecule is CCOP(=O)(C=CBr)OCC. The van der Waals surface area contributed by atoms with Crippen molar-refractivity contribution in [2.75, 3.05) is 13.2 Å². The smallest absolute Gasteiger partial charge is 0.306 e. The van der Waals surface area contributed by atoms with Crippen molar-refractivity contribution in [2.24, 2.45) is 0 Å². The predicted octanol–water partition coefficient (Wildman–Crippen LogP) is 3.12. The van der Waals surface area contributed by atoms with E-state index in [2.05, 4.69) is 15.9 Å². The highest BCUT2D eigenvalue weighted by molar-refractivity contribution is 9.11. The van der Waals surface area contributed by atoms with Gasteiger partial charge >= 0.3 is 7.60 Å². The normalized spacial score (nSPS) is 12.6. The zero-order valence-corrected chi connectivity index (χ0v) is 9.10. The van der Waals surface area contributed by atoms with Crippen LogP contribution in [0.5, 0.6) is 0 Å². The summed E-state index contributed by atoms with van der Waals surface area (Å²) in [5, 5.41) is 0. The third-order valence-electron chi connectivity index (χ3n) is 0.857. The lowest BCUT2D eigenvalue weighted by Crippen LogP contribution is -1.91. The van der Waals surface area contributed by atoms with E-state index in [9.17, 15) is 4.57 Å². The molecule has 0 amide bonds. The van der Waals surface area contributed by atoms with Crippen LogP contribution in [0.3, 0.4) is 0 Å². The number of halogens is 1. The molecule has 0 aromatic heterocycles. The number of hydrogen-bond donors (Lipinski definition) is 0. The second-order valence-electron chi connectivity index (χ2n) is 1.65. The molecule has 5 heteroatoms. The average Bonchev–Trinajstić information content (AvgIpc) is 1.88. The maximum Gasteiger partial charge on any atom is 0.354 e. The van der Waals surface area contributed by atoms with Gasteiger partial charge < -0.3 is 9.05 Å². The molecule has 66 valence electrons. The van der Waals surface area contributed by atoms with Crippen molar-refractivity contribution in [1.82, 2.24) is 0 Å². The van der Waals surface area contributed by atoms with Crippen LogP contribution in [0.15, 0.2) is 10.8 Å². The summed E-state index contributed by atoms with van der Waals surface area (Å²) < 4.78 is 21.3. The fourth-order valence-electron chi connectivity index (χ4n) is 0.552. The Morgan fingerprint density at radius 2 is 1.82 bits per heavy atom. The number of rotatable bonds is 5. The van der Waals surface area contributed by atoms with Crippen LogP contribution in [0.4, 0.5) is 0 Å². The van der Waals surface area contributed by atoms with E-state index in [0.29, 0.717) is 13.2 Å². The van der Waals surface area contributed by atoms with Crippen molar-refractivity contribution in [3.63, 3.8) is 0 Å². The van der Waals surface area contributed by atoms with Crippen LogP contribution >= 0.6 is 23.5 Å². The largest absolute Gasteiger partial charge is 0.354 e. The van der Waals surface area contributed by atoms with Gasteiger partial charge in [-0.05, 0) is 18.8 Å². The lowest BCUT2D eigenvalue weighted by molar-refractivity contribution is 0.229. The standard InChI is InChI=1S/C6H12BrO3P/c1-3-9-11(8,6-5-7)10-4-2/h5-6H,3-4H2,1-2H3. The van der Waals surface area contributed by atoms with Gasteiger partial charge in [-0.15, -0.1) is 0 Å². The van der Waals surface area contributed by atoms with Gasteiger partial charge in [0, 0.05) is 5.82 Å². The third kappa shape index (κ3) is 4.75. The van der Waals surface area contributed by atoms with E-state index in [4.69, 9.17) is 9.05 Å². The van der Waals surface area contributed by atoms with Gasteiger partial charge in [-0.2, -0.15) is 0 Å². The van der Waals surface area contributed by atoms with Crippen LogP contribution in [-0.2, 0) is 13.6 Å². The van der Waals surface area contributed by atoms with E-state index < -0.39 is 7.60 Å². The van der Waals surface area contributed by atoms with E-state index in [0.717, 1.165) is 0 Å². The van der Waals surface area contributed by atoms with Gasteiger partial charge in [-0.3, -0.25) is 4.57 Å². The van der Waals surface area contributed by atoms with Crippen LogP contribution in [0.1, 0.15) is 13.8 Å². The summed E-state index contributed by atoms with van der Waals surface area (Å²) in [5.74, 6) is 1.39. The van der Waals surface area contributed by atoms with Gasteiger partial charge in [0.1, 0.15) is 0 Å². The van der Waals surface area contributed by atoms with Crippen LogP contribution in [0.25, 0.3) is 0 Å². The molecule has 0 heterocycles. The highest BCUT2D eigenvalue weighted by Gasteiger charge is 2.17. The first-order valence-electron chi connectivity index (χ1n) is 3.35. The molecule has 11 heavy (non-hydrogen) atoms. The molecule has 0 unspecified atom stereocenters. The molecule has 0 aliphatic rings. The maximum absolute atomic E-state index is 11.5. The van der Waals surface area contributed by atoms with E-state index >= 15 is 0 Å². The molecule has 0 saturated carbocycles. The van der Waals surface area contributed by atoms with Crippen LogP contribution < -0.4 is 0 Å². The molecule has 0 aliphatic heterocycles. The van der Waals surface area contributed by atoms with Crippen LogP contribution in [0, 0.1) is 0 Å². The fraction of sp³-hybridized carbons (Fsp3) is 0.667. The zero-order chi connectivity index (χ0) is 8.74. The maximum atomic E-state index is 11.5. The van der Waals surface area contributed by atoms with Crippen molar-refractivity contribution >= 4 is 23.5 Å². The fourth-order valence-corrected chi connectivity index (χ4v) is 2.53. The minimum absolute atomic E-state index is 0.384. The minimum Gasteiger partial charge on any atom is -0.306 e. The first kappa shape index (κ1) is 11.4. The summed E-state index contributed by atoms with van der Waals surface area (Å²) in [7, 11) is -2.95. The van der Waals surface area contributed by atoms with E-state index in [1.165, 1.54) is 10.8 Å². The number of hydrogen-bond acceptors (Lipinski definition) is 3. The van der Waals surface area contributed by atoms with Gasteiger partial charge in [0.05, 0.1) is 13.2 Å². The minimum atomic E-state index is -2.95. The molecule has 0 radical (unpaired) electrons. The molecule has 0 aromatic rings. The Labute approximate surface area is 75.4 Å². The molecule has 0 fully saturated rings. The van der Waals surface area contributed by atoms with Crippen molar-refractivity contribution in [2.45, 2.75) is 13.8 Å². The molecule has 0 atom stereocenters. The molecule has 3 nitrogen and oxygen atoms in total. The van der Waals surface area contributed by atoms with Gasteiger partial charge in [-0.1, -0.05) is 15.9 Å². The molecule has 0 aliphatic carbocycles. The van der Waals surface area contributed by atoms with E-state index in [-0.39, 0.29) is 0 Å². The second-order valence-corrected chi connectivity index (χ2v) is 4.07. The van der Waals surface area contributed by atoms with E-state index in [1.807, 2.05) is 0 Å². The van der Waals surface area contributed by atoms with Crippen molar-refractivity contribution in [3.05, 3.63) is 10.8 Å². The second kappa shape index (κ2) is 5.95. The summed E-state index contributed by atoms with van der Waals surface area (Å²) in [4.78, 5) is 1.49. The third-order valence-corrected chi connectivity index (χ3v) is 3.28. The Balaban J connectivity index is 4.14. The van der Waals surface area contributed by atoms with Gasteiger partial charge in [0.2, 0.25) is 0 Å². The molecule has 0 saturated heterocycles. The highest BCUT2D eigenvalue weighted by atomic mass is 79.9. The Hall–Kier alpha value is 0.370. The molecule has 0 bridgehead atoms. The van der Waals surface area contributed by atoms with Gasteiger partial charge in [-0.25, -0.2) is 0 Å². The zero-order valence-electron chi connectivity index (χ0n) is 6.62.